The van der Waals surface area contributed by atoms with Crippen LogP contribution in [-0.4, -0.2) is 33.3 Å². The van der Waals surface area contributed by atoms with E-state index in [-0.39, 0.29) is 17.9 Å². The number of carbonyl (C=O) groups is 2. The van der Waals surface area contributed by atoms with Crippen LogP contribution in [0.3, 0.4) is 0 Å². The zero-order chi connectivity index (χ0) is 24.2. The molecule has 1 fully saturated rings. The third-order valence-electron chi connectivity index (χ3n) is 5.51. The standard InChI is InChI=1S/C27H25FN2O4/c1-17(2)16-34-22-11-7-20(8-12-22)25(31)23-24(19-5-9-21(28)10-6-19)30(27(33)26(23)32)15-18-4-3-13-29-14-18/h3-14,17,24,31H,15-16H2,1-2H3/b25-23-. The number of halogens is 1. The van der Waals surface area contributed by atoms with Crippen LogP contribution in [0.2, 0.25) is 0 Å². The van der Waals surface area contributed by atoms with Gasteiger partial charge in [-0.1, -0.05) is 32.0 Å². The van der Waals surface area contributed by atoms with Crippen molar-refractivity contribution >= 4 is 17.4 Å². The lowest BCUT2D eigenvalue weighted by Crippen LogP contribution is -2.29. The number of ketones is 1. The van der Waals surface area contributed by atoms with E-state index >= 15 is 0 Å². The normalized spacial score (nSPS) is 17.4. The predicted octanol–water partition coefficient (Wildman–Crippen LogP) is 4.88. The van der Waals surface area contributed by atoms with Crippen molar-refractivity contribution in [2.75, 3.05) is 6.61 Å². The SMILES string of the molecule is CC(C)COc1ccc(/C(O)=C2/C(=O)C(=O)N(Cc3cccnc3)C2c2ccc(F)cc2)cc1. The first kappa shape index (κ1) is 23.2. The Kier molecular flexibility index (Phi) is 6.72. The Balaban J connectivity index is 1.75. The molecule has 1 amide bonds. The van der Waals surface area contributed by atoms with Crippen LogP contribution in [0.25, 0.3) is 5.76 Å². The maximum Gasteiger partial charge on any atom is 0.295 e. The number of hydrogen-bond acceptors (Lipinski definition) is 5. The number of aliphatic hydroxyl groups excluding tert-OH is 1. The summed E-state index contributed by atoms with van der Waals surface area (Å²) in [5, 5.41) is 11.1. The lowest BCUT2D eigenvalue weighted by Gasteiger charge is -2.25. The fourth-order valence-corrected chi connectivity index (χ4v) is 3.85. The Morgan fingerprint density at radius 1 is 1.09 bits per heavy atom. The highest BCUT2D eigenvalue weighted by Gasteiger charge is 2.46. The number of carbonyl (C=O) groups excluding carboxylic acids is 2. The summed E-state index contributed by atoms with van der Waals surface area (Å²) in [5.41, 5.74) is 1.57. The molecule has 2 heterocycles. The van der Waals surface area contributed by atoms with E-state index < -0.39 is 23.5 Å². The van der Waals surface area contributed by atoms with E-state index in [2.05, 4.69) is 4.98 Å². The number of rotatable bonds is 7. The number of likely N-dealkylation sites (tertiary alicyclic amines) is 1. The van der Waals surface area contributed by atoms with Gasteiger partial charge >= 0.3 is 0 Å². The van der Waals surface area contributed by atoms with E-state index in [9.17, 15) is 19.1 Å². The molecule has 0 bridgehead atoms. The molecule has 174 valence electrons. The van der Waals surface area contributed by atoms with E-state index in [4.69, 9.17) is 4.74 Å². The monoisotopic (exact) mass is 460 g/mol. The number of aromatic nitrogens is 1. The molecular formula is C27H25FN2O4. The molecule has 1 unspecified atom stereocenters. The van der Waals surface area contributed by atoms with Gasteiger partial charge in [0.05, 0.1) is 18.2 Å². The summed E-state index contributed by atoms with van der Waals surface area (Å²) in [7, 11) is 0. The molecule has 1 atom stereocenters. The number of ether oxygens (including phenoxy) is 1. The van der Waals surface area contributed by atoms with Crippen molar-refractivity contribution < 1.29 is 23.8 Å². The van der Waals surface area contributed by atoms with Crippen molar-refractivity contribution in [2.45, 2.75) is 26.4 Å². The lowest BCUT2D eigenvalue weighted by atomic mass is 9.95. The Labute approximate surface area is 197 Å². The van der Waals surface area contributed by atoms with Gasteiger partial charge in [-0.25, -0.2) is 4.39 Å². The van der Waals surface area contributed by atoms with E-state index in [1.165, 1.54) is 29.2 Å². The van der Waals surface area contributed by atoms with E-state index in [0.29, 0.717) is 29.4 Å². The molecule has 0 aliphatic carbocycles. The van der Waals surface area contributed by atoms with Crippen molar-refractivity contribution in [3.8, 4) is 5.75 Å². The number of benzene rings is 2. The van der Waals surface area contributed by atoms with Crippen LogP contribution in [-0.2, 0) is 16.1 Å². The minimum absolute atomic E-state index is 0.0450. The first-order chi connectivity index (χ1) is 16.3. The zero-order valence-corrected chi connectivity index (χ0v) is 18.9. The van der Waals surface area contributed by atoms with Gasteiger partial charge in [0.15, 0.2) is 0 Å². The van der Waals surface area contributed by atoms with Crippen LogP contribution in [0.5, 0.6) is 5.75 Å². The minimum Gasteiger partial charge on any atom is -0.507 e. The van der Waals surface area contributed by atoms with Gasteiger partial charge < -0.3 is 14.7 Å². The number of Topliss-reactive ketones (excluding diaryl/α,β-unsaturated/α-hetero) is 1. The van der Waals surface area contributed by atoms with Crippen LogP contribution in [0.1, 0.15) is 36.6 Å². The quantitative estimate of drug-likeness (QED) is 0.309. The molecule has 1 aliphatic heterocycles. The van der Waals surface area contributed by atoms with Gasteiger partial charge in [0, 0.05) is 24.5 Å². The average molecular weight is 461 g/mol. The molecule has 1 aromatic heterocycles. The highest BCUT2D eigenvalue weighted by atomic mass is 19.1. The van der Waals surface area contributed by atoms with Crippen molar-refractivity contribution in [2.24, 2.45) is 5.92 Å². The number of hydrogen-bond donors (Lipinski definition) is 1. The second-order valence-corrected chi connectivity index (χ2v) is 8.57. The maximum absolute atomic E-state index is 13.6. The number of aliphatic hydroxyl groups is 1. The van der Waals surface area contributed by atoms with Gasteiger partial charge in [-0.05, 0) is 59.5 Å². The summed E-state index contributed by atoms with van der Waals surface area (Å²) < 4.78 is 19.3. The highest BCUT2D eigenvalue weighted by molar-refractivity contribution is 6.46. The largest absolute Gasteiger partial charge is 0.507 e. The fourth-order valence-electron chi connectivity index (χ4n) is 3.85. The second kappa shape index (κ2) is 9.87. The molecule has 6 nitrogen and oxygen atoms in total. The molecular weight excluding hydrogens is 435 g/mol. The molecule has 2 aromatic carbocycles. The lowest BCUT2D eigenvalue weighted by molar-refractivity contribution is -0.140. The van der Waals surface area contributed by atoms with E-state index in [1.54, 1.807) is 48.8 Å². The van der Waals surface area contributed by atoms with Gasteiger partial charge in [0.2, 0.25) is 0 Å². The van der Waals surface area contributed by atoms with E-state index in [0.717, 1.165) is 5.56 Å². The molecule has 3 aromatic rings. The molecule has 0 spiro atoms. The smallest absolute Gasteiger partial charge is 0.295 e. The number of nitrogens with zero attached hydrogens (tertiary/aromatic N) is 2. The van der Waals surface area contributed by atoms with Crippen LogP contribution in [0, 0.1) is 11.7 Å². The third kappa shape index (κ3) is 4.83. The van der Waals surface area contributed by atoms with Gasteiger partial charge in [-0.2, -0.15) is 0 Å². The Morgan fingerprint density at radius 3 is 2.41 bits per heavy atom. The summed E-state index contributed by atoms with van der Waals surface area (Å²) in [6, 6.07) is 14.9. The van der Waals surface area contributed by atoms with Crippen molar-refractivity contribution in [1.82, 2.24) is 9.88 Å². The van der Waals surface area contributed by atoms with Crippen molar-refractivity contribution in [1.29, 1.82) is 0 Å². The van der Waals surface area contributed by atoms with Crippen LogP contribution >= 0.6 is 0 Å². The van der Waals surface area contributed by atoms with Crippen LogP contribution in [0.4, 0.5) is 4.39 Å². The van der Waals surface area contributed by atoms with Gasteiger partial charge in [0.1, 0.15) is 17.3 Å². The van der Waals surface area contributed by atoms with Crippen LogP contribution < -0.4 is 4.74 Å². The maximum atomic E-state index is 13.6. The average Bonchev–Trinajstić information content (AvgIpc) is 3.08. The molecule has 1 N–H and O–H groups in total. The van der Waals surface area contributed by atoms with Crippen LogP contribution in [0.15, 0.2) is 78.6 Å². The molecule has 1 saturated heterocycles. The molecule has 4 rings (SSSR count). The van der Waals surface area contributed by atoms with Crippen molar-refractivity contribution in [3.05, 3.63) is 101 Å². The Hall–Kier alpha value is -4.00. The summed E-state index contributed by atoms with van der Waals surface area (Å²) in [6.45, 7) is 4.74. The molecule has 1 aliphatic rings. The molecule has 7 heteroatoms. The Bertz CT molecular complexity index is 1210. The minimum atomic E-state index is -0.877. The highest BCUT2D eigenvalue weighted by Crippen LogP contribution is 2.40. The Morgan fingerprint density at radius 2 is 1.79 bits per heavy atom. The van der Waals surface area contributed by atoms with Crippen molar-refractivity contribution in [3.63, 3.8) is 0 Å². The zero-order valence-electron chi connectivity index (χ0n) is 18.9. The molecule has 0 radical (unpaired) electrons. The van der Waals surface area contributed by atoms with Gasteiger partial charge in [-0.3, -0.25) is 14.6 Å². The number of amides is 1. The van der Waals surface area contributed by atoms with E-state index in [1.807, 2.05) is 13.8 Å². The van der Waals surface area contributed by atoms with Gasteiger partial charge in [-0.15, -0.1) is 0 Å². The molecule has 0 saturated carbocycles. The topological polar surface area (TPSA) is 79.7 Å². The third-order valence-corrected chi connectivity index (χ3v) is 5.51. The predicted molar refractivity (Wildman–Crippen MR) is 125 cm³/mol. The summed E-state index contributed by atoms with van der Waals surface area (Å²) in [6.07, 6.45) is 3.22. The summed E-state index contributed by atoms with van der Waals surface area (Å²) in [4.78, 5) is 31.6. The van der Waals surface area contributed by atoms with Gasteiger partial charge in [0.25, 0.3) is 11.7 Å². The fraction of sp³-hybridized carbons (Fsp3) is 0.222. The first-order valence-corrected chi connectivity index (χ1v) is 11.0. The first-order valence-electron chi connectivity index (χ1n) is 11.0. The molecule has 34 heavy (non-hydrogen) atoms. The second-order valence-electron chi connectivity index (χ2n) is 8.57. The number of pyridine rings is 1. The summed E-state index contributed by atoms with van der Waals surface area (Å²) in [5.74, 6) is -1.27. The summed E-state index contributed by atoms with van der Waals surface area (Å²) >= 11 is 0.